The molecular weight excluding hydrogens is 304 g/mol. The topological polar surface area (TPSA) is 73.4 Å². The molecular formula is C18H26N4O2. The molecule has 130 valence electrons. The van der Waals surface area contributed by atoms with Crippen molar-refractivity contribution in [3.05, 3.63) is 30.0 Å². The van der Waals surface area contributed by atoms with Crippen molar-refractivity contribution in [3.8, 4) is 16.9 Å². The molecule has 0 aliphatic heterocycles. The molecule has 1 aromatic heterocycles. The van der Waals surface area contributed by atoms with Gasteiger partial charge < -0.3 is 15.4 Å². The first-order valence-corrected chi connectivity index (χ1v) is 8.07. The van der Waals surface area contributed by atoms with Crippen LogP contribution in [0.3, 0.4) is 0 Å². The number of ether oxygens (including phenoxy) is 1. The number of nitrogens with two attached hydrogens (primary N) is 1. The molecule has 0 aliphatic rings. The zero-order valence-corrected chi connectivity index (χ0v) is 15.2. The van der Waals surface area contributed by atoms with Crippen LogP contribution in [-0.2, 0) is 7.05 Å². The third kappa shape index (κ3) is 3.09. The number of hydrogen-bond donors (Lipinski definition) is 1. The zero-order valence-electron chi connectivity index (χ0n) is 15.2. The van der Waals surface area contributed by atoms with Crippen molar-refractivity contribution >= 4 is 11.7 Å². The normalized spacial score (nSPS) is 11.2. The van der Waals surface area contributed by atoms with Gasteiger partial charge in [0.05, 0.1) is 18.9 Å². The highest BCUT2D eigenvalue weighted by atomic mass is 16.5. The Balaban J connectivity index is 2.68. The van der Waals surface area contributed by atoms with Crippen LogP contribution < -0.4 is 10.5 Å². The number of methoxy groups -OCH3 is 1. The molecule has 0 bridgehead atoms. The molecule has 0 radical (unpaired) electrons. The van der Waals surface area contributed by atoms with Crippen molar-refractivity contribution in [1.82, 2.24) is 14.7 Å². The smallest absolute Gasteiger partial charge is 0.258 e. The Bertz CT molecular complexity index is 727. The molecule has 1 aromatic carbocycles. The second-order valence-corrected chi connectivity index (χ2v) is 6.35. The molecule has 0 atom stereocenters. The van der Waals surface area contributed by atoms with Crippen LogP contribution in [-0.4, -0.2) is 39.8 Å². The molecule has 0 saturated heterocycles. The lowest BCUT2D eigenvalue weighted by Crippen LogP contribution is -2.42. The van der Waals surface area contributed by atoms with Gasteiger partial charge in [-0.2, -0.15) is 5.10 Å². The Kier molecular flexibility index (Phi) is 5.17. The maximum Gasteiger partial charge on any atom is 0.258 e. The minimum Gasteiger partial charge on any atom is -0.496 e. The Morgan fingerprint density at radius 2 is 1.83 bits per heavy atom. The van der Waals surface area contributed by atoms with E-state index in [2.05, 4.69) is 5.10 Å². The maximum absolute atomic E-state index is 13.3. The quantitative estimate of drug-likeness (QED) is 0.915. The molecule has 0 unspecified atom stereocenters. The minimum absolute atomic E-state index is 0.0708. The molecule has 1 heterocycles. The number of anilines is 1. The standard InChI is InChI=1S/C18H26N4O2/c1-11(2)22(12(3)4)18(23)16-13(8-7-9-15(16)24-6)14-10-20-21(5)17(14)19/h7-12H,19H2,1-6H3. The molecule has 0 spiro atoms. The van der Waals surface area contributed by atoms with E-state index in [9.17, 15) is 4.79 Å². The van der Waals surface area contributed by atoms with E-state index in [-0.39, 0.29) is 18.0 Å². The minimum atomic E-state index is -0.0734. The van der Waals surface area contributed by atoms with Crippen molar-refractivity contribution in [2.75, 3.05) is 12.8 Å². The number of amides is 1. The van der Waals surface area contributed by atoms with E-state index in [1.165, 1.54) is 0 Å². The first kappa shape index (κ1) is 17.8. The monoisotopic (exact) mass is 330 g/mol. The van der Waals surface area contributed by atoms with Gasteiger partial charge in [-0.1, -0.05) is 12.1 Å². The zero-order chi connectivity index (χ0) is 18.0. The molecule has 2 N–H and O–H groups in total. The number of carbonyl (C=O) groups is 1. The van der Waals surface area contributed by atoms with Gasteiger partial charge in [0.1, 0.15) is 11.6 Å². The van der Waals surface area contributed by atoms with E-state index in [0.717, 1.165) is 11.1 Å². The number of nitrogen functional groups attached to an aromatic ring is 1. The van der Waals surface area contributed by atoms with Crippen molar-refractivity contribution < 1.29 is 9.53 Å². The van der Waals surface area contributed by atoms with Crippen LogP contribution >= 0.6 is 0 Å². The molecule has 6 heteroatoms. The van der Waals surface area contributed by atoms with Crippen LogP contribution in [0.1, 0.15) is 38.1 Å². The third-order valence-electron chi connectivity index (χ3n) is 4.08. The first-order chi connectivity index (χ1) is 11.3. The van der Waals surface area contributed by atoms with Crippen LogP contribution in [0.2, 0.25) is 0 Å². The third-order valence-corrected chi connectivity index (χ3v) is 4.08. The lowest BCUT2D eigenvalue weighted by molar-refractivity contribution is 0.0641. The van der Waals surface area contributed by atoms with Crippen LogP contribution in [0.5, 0.6) is 5.75 Å². The summed E-state index contributed by atoms with van der Waals surface area (Å²) in [4.78, 5) is 15.1. The highest BCUT2D eigenvalue weighted by molar-refractivity contribution is 6.04. The van der Waals surface area contributed by atoms with Gasteiger partial charge in [0, 0.05) is 30.3 Å². The van der Waals surface area contributed by atoms with Gasteiger partial charge in [-0.05, 0) is 33.8 Å². The average molecular weight is 330 g/mol. The predicted octanol–water partition coefficient (Wildman–Crippen LogP) is 2.94. The van der Waals surface area contributed by atoms with Gasteiger partial charge in [0.15, 0.2) is 0 Å². The number of aromatic nitrogens is 2. The molecule has 0 saturated carbocycles. The summed E-state index contributed by atoms with van der Waals surface area (Å²) in [6.07, 6.45) is 1.68. The largest absolute Gasteiger partial charge is 0.496 e. The molecule has 1 amide bonds. The highest BCUT2D eigenvalue weighted by Crippen LogP contribution is 2.35. The van der Waals surface area contributed by atoms with E-state index < -0.39 is 0 Å². The molecule has 2 aromatic rings. The molecule has 24 heavy (non-hydrogen) atoms. The van der Waals surface area contributed by atoms with Gasteiger partial charge in [-0.15, -0.1) is 0 Å². The Hall–Kier alpha value is -2.50. The van der Waals surface area contributed by atoms with Crippen molar-refractivity contribution in [2.24, 2.45) is 7.05 Å². The summed E-state index contributed by atoms with van der Waals surface area (Å²) in [5, 5.41) is 4.19. The van der Waals surface area contributed by atoms with Gasteiger partial charge in [0.25, 0.3) is 5.91 Å². The summed E-state index contributed by atoms with van der Waals surface area (Å²) in [7, 11) is 3.34. The number of benzene rings is 1. The van der Waals surface area contributed by atoms with Gasteiger partial charge >= 0.3 is 0 Å². The Morgan fingerprint density at radius 1 is 1.21 bits per heavy atom. The van der Waals surface area contributed by atoms with E-state index in [1.807, 2.05) is 44.7 Å². The van der Waals surface area contributed by atoms with E-state index >= 15 is 0 Å². The fourth-order valence-corrected chi connectivity index (χ4v) is 3.00. The summed E-state index contributed by atoms with van der Waals surface area (Å²) < 4.78 is 7.06. The first-order valence-electron chi connectivity index (χ1n) is 8.07. The van der Waals surface area contributed by atoms with Crippen molar-refractivity contribution in [2.45, 2.75) is 39.8 Å². The number of rotatable bonds is 5. The fraction of sp³-hybridized carbons (Fsp3) is 0.444. The maximum atomic E-state index is 13.3. The lowest BCUT2D eigenvalue weighted by atomic mass is 9.98. The van der Waals surface area contributed by atoms with Crippen LogP contribution in [0.4, 0.5) is 5.82 Å². The SMILES string of the molecule is COc1cccc(-c2cnn(C)c2N)c1C(=O)N(C(C)C)C(C)C. The van der Waals surface area contributed by atoms with Crippen molar-refractivity contribution in [1.29, 1.82) is 0 Å². The van der Waals surface area contributed by atoms with Crippen LogP contribution in [0, 0.1) is 0 Å². The summed E-state index contributed by atoms with van der Waals surface area (Å²) in [6, 6.07) is 5.67. The highest BCUT2D eigenvalue weighted by Gasteiger charge is 2.28. The average Bonchev–Trinajstić information content (AvgIpc) is 2.85. The number of hydrogen-bond acceptors (Lipinski definition) is 4. The van der Waals surface area contributed by atoms with E-state index in [0.29, 0.717) is 17.1 Å². The molecule has 2 rings (SSSR count). The summed E-state index contributed by atoms with van der Waals surface area (Å²) in [6.45, 7) is 8.02. The van der Waals surface area contributed by atoms with E-state index in [4.69, 9.17) is 10.5 Å². The number of carbonyl (C=O) groups excluding carboxylic acids is 1. The lowest BCUT2D eigenvalue weighted by Gasteiger charge is -2.32. The summed E-state index contributed by atoms with van der Waals surface area (Å²) in [5.74, 6) is 0.973. The second-order valence-electron chi connectivity index (χ2n) is 6.35. The van der Waals surface area contributed by atoms with Crippen LogP contribution in [0.25, 0.3) is 11.1 Å². The second kappa shape index (κ2) is 6.95. The molecule has 6 nitrogen and oxygen atoms in total. The van der Waals surface area contributed by atoms with Crippen molar-refractivity contribution in [3.63, 3.8) is 0 Å². The predicted molar refractivity (Wildman–Crippen MR) is 96.0 cm³/mol. The molecule has 0 aliphatic carbocycles. The van der Waals surface area contributed by atoms with E-state index in [1.54, 1.807) is 31.1 Å². The summed E-state index contributed by atoms with van der Waals surface area (Å²) >= 11 is 0. The fourth-order valence-electron chi connectivity index (χ4n) is 3.00. The van der Waals surface area contributed by atoms with Gasteiger partial charge in [-0.3, -0.25) is 9.48 Å². The number of nitrogens with zero attached hydrogens (tertiary/aromatic N) is 3. The Labute approximate surface area is 143 Å². The Morgan fingerprint density at radius 3 is 2.29 bits per heavy atom. The van der Waals surface area contributed by atoms with Gasteiger partial charge in [0.2, 0.25) is 0 Å². The van der Waals surface area contributed by atoms with Gasteiger partial charge in [-0.25, -0.2) is 0 Å². The van der Waals surface area contributed by atoms with Crippen LogP contribution in [0.15, 0.2) is 24.4 Å². The summed E-state index contributed by atoms with van der Waals surface area (Å²) in [5.41, 5.74) is 8.10. The number of aryl methyl sites for hydroxylation is 1. The molecule has 0 fully saturated rings.